The second-order valence-electron chi connectivity index (χ2n) is 3.78. The molecule has 0 saturated heterocycles. The van der Waals surface area contributed by atoms with E-state index in [1.165, 1.54) is 18.2 Å². The molecule has 0 aliphatic carbocycles. The molecule has 0 saturated carbocycles. The molecule has 6 N–H and O–H groups in total. The molecule has 0 amide bonds. The Morgan fingerprint density at radius 3 is 2.38 bits per heavy atom. The minimum absolute atomic E-state index is 0.143. The number of nitrogens with zero attached hydrogens (tertiary/aromatic N) is 4. The molecule has 0 unspecified atom stereocenters. The molecule has 0 atom stereocenters. The monoisotopic (exact) mass is 310 g/mol. The van der Waals surface area contributed by atoms with E-state index in [0.717, 1.165) is 6.07 Å². The second-order valence-corrected chi connectivity index (χ2v) is 5.17. The fourth-order valence-corrected chi connectivity index (χ4v) is 2.06. The molecule has 21 heavy (non-hydrogen) atoms. The van der Waals surface area contributed by atoms with Crippen molar-refractivity contribution in [2.24, 2.45) is 10.2 Å². The van der Waals surface area contributed by atoms with Crippen molar-refractivity contribution >= 4 is 33.3 Å². The quantitative estimate of drug-likeness (QED) is 0.479. The number of azo groups is 1. The van der Waals surface area contributed by atoms with Crippen molar-refractivity contribution in [2.75, 3.05) is 11.5 Å². The highest BCUT2D eigenvalue weighted by Crippen LogP contribution is 2.33. The maximum absolute atomic E-state index is 11.2. The summed E-state index contributed by atoms with van der Waals surface area (Å²) in [4.78, 5) is 6.58. The van der Waals surface area contributed by atoms with E-state index in [0.29, 0.717) is 0 Å². The molecular formula is C10H10N6O4S. The Morgan fingerprint density at radius 1 is 1.10 bits per heavy atom. The summed E-state index contributed by atoms with van der Waals surface area (Å²) in [5, 5.41) is 16.8. The molecule has 0 fully saturated rings. The van der Waals surface area contributed by atoms with Gasteiger partial charge in [0.15, 0.2) is 11.5 Å². The Kier molecular flexibility index (Phi) is 3.69. The molecule has 2 rings (SSSR count). The van der Waals surface area contributed by atoms with Crippen LogP contribution in [-0.4, -0.2) is 28.0 Å². The van der Waals surface area contributed by atoms with Gasteiger partial charge < -0.3 is 16.6 Å². The lowest BCUT2D eigenvalue weighted by molar-refractivity contribution is 0.455. The average molecular weight is 310 g/mol. The Morgan fingerprint density at radius 2 is 1.76 bits per heavy atom. The van der Waals surface area contributed by atoms with E-state index in [4.69, 9.17) is 16.0 Å². The Labute approximate surface area is 118 Å². The molecule has 1 heterocycles. The van der Waals surface area contributed by atoms with Crippen LogP contribution in [0.2, 0.25) is 0 Å². The van der Waals surface area contributed by atoms with Gasteiger partial charge in [0.05, 0.1) is 0 Å². The molecule has 10 nitrogen and oxygen atoms in total. The molecule has 0 spiro atoms. The van der Waals surface area contributed by atoms with Gasteiger partial charge in [-0.05, 0) is 12.1 Å². The van der Waals surface area contributed by atoms with Crippen molar-refractivity contribution in [1.82, 2.24) is 9.97 Å². The molecule has 1 aromatic heterocycles. The summed E-state index contributed by atoms with van der Waals surface area (Å²) < 4.78 is 31.4. The third-order valence-corrected chi connectivity index (χ3v) is 3.21. The van der Waals surface area contributed by atoms with Crippen LogP contribution in [0.25, 0.3) is 0 Å². The molecule has 110 valence electrons. The van der Waals surface area contributed by atoms with Crippen LogP contribution in [0.1, 0.15) is 0 Å². The van der Waals surface area contributed by atoms with Crippen molar-refractivity contribution < 1.29 is 18.1 Å². The van der Waals surface area contributed by atoms with E-state index in [1.807, 2.05) is 0 Å². The van der Waals surface area contributed by atoms with Gasteiger partial charge in [-0.15, -0.1) is 10.2 Å². The van der Waals surface area contributed by atoms with Crippen molar-refractivity contribution in [3.05, 3.63) is 24.3 Å². The summed E-state index contributed by atoms with van der Waals surface area (Å²) in [6, 6.07) is 5.34. The molecule has 0 aliphatic rings. The van der Waals surface area contributed by atoms with Crippen molar-refractivity contribution in [3.8, 4) is 5.88 Å². The SMILES string of the molecule is Nc1nc(N)c(/N=N/c2ccccc2S(=O)(=O)O)c(O)n1. The van der Waals surface area contributed by atoms with Crippen molar-refractivity contribution in [1.29, 1.82) is 0 Å². The number of hydrogen-bond donors (Lipinski definition) is 4. The predicted octanol–water partition coefficient (Wildman–Crippen LogP) is 1.01. The van der Waals surface area contributed by atoms with Crippen LogP contribution in [0.3, 0.4) is 0 Å². The first-order valence-corrected chi connectivity index (χ1v) is 6.83. The summed E-state index contributed by atoms with van der Waals surface area (Å²) in [5.41, 5.74) is 10.4. The van der Waals surface area contributed by atoms with E-state index in [1.54, 1.807) is 0 Å². The standard InChI is InChI=1S/C10H10N6O4S/c11-8-7(9(17)14-10(12)13-8)16-15-5-3-1-2-4-6(5)21(18,19)20/h1-4H,(H,18,19,20)(H5,11,12,13,14,17)/b16-15+. The van der Waals surface area contributed by atoms with Crippen LogP contribution in [0.5, 0.6) is 5.88 Å². The number of benzene rings is 1. The van der Waals surface area contributed by atoms with Crippen LogP contribution in [0.4, 0.5) is 23.1 Å². The Hall–Kier alpha value is -2.79. The summed E-state index contributed by atoms with van der Waals surface area (Å²) in [7, 11) is -4.46. The largest absolute Gasteiger partial charge is 0.492 e. The minimum Gasteiger partial charge on any atom is -0.492 e. The zero-order chi connectivity index (χ0) is 15.6. The minimum atomic E-state index is -4.46. The van der Waals surface area contributed by atoms with Gasteiger partial charge >= 0.3 is 0 Å². The van der Waals surface area contributed by atoms with Gasteiger partial charge in [0.1, 0.15) is 10.6 Å². The molecular weight excluding hydrogens is 300 g/mol. The lowest BCUT2D eigenvalue weighted by Crippen LogP contribution is -1.99. The Bertz CT molecular complexity index is 797. The number of aromatic nitrogens is 2. The maximum atomic E-state index is 11.2. The van der Waals surface area contributed by atoms with Gasteiger partial charge in [-0.25, -0.2) is 0 Å². The number of aromatic hydroxyl groups is 1. The summed E-state index contributed by atoms with van der Waals surface area (Å²) in [6.07, 6.45) is 0. The van der Waals surface area contributed by atoms with Crippen LogP contribution in [0, 0.1) is 0 Å². The zero-order valence-corrected chi connectivity index (χ0v) is 11.2. The van der Waals surface area contributed by atoms with Crippen LogP contribution < -0.4 is 11.5 Å². The van der Waals surface area contributed by atoms with Gasteiger partial charge in [-0.1, -0.05) is 12.1 Å². The first-order chi connectivity index (χ1) is 9.79. The molecule has 0 bridgehead atoms. The topological polar surface area (TPSA) is 177 Å². The molecule has 2 aromatic rings. The van der Waals surface area contributed by atoms with E-state index >= 15 is 0 Å². The second kappa shape index (κ2) is 5.30. The van der Waals surface area contributed by atoms with Crippen LogP contribution >= 0.6 is 0 Å². The van der Waals surface area contributed by atoms with Crippen molar-refractivity contribution in [2.45, 2.75) is 4.90 Å². The predicted molar refractivity (Wildman–Crippen MR) is 73.0 cm³/mol. The highest BCUT2D eigenvalue weighted by molar-refractivity contribution is 7.86. The first-order valence-electron chi connectivity index (χ1n) is 5.39. The number of nitrogens with two attached hydrogens (primary N) is 2. The fourth-order valence-electron chi connectivity index (χ4n) is 1.44. The van der Waals surface area contributed by atoms with Gasteiger partial charge in [0.2, 0.25) is 11.8 Å². The van der Waals surface area contributed by atoms with Gasteiger partial charge in [0.25, 0.3) is 10.1 Å². The fraction of sp³-hybridized carbons (Fsp3) is 0. The van der Waals surface area contributed by atoms with E-state index in [-0.39, 0.29) is 23.1 Å². The maximum Gasteiger partial charge on any atom is 0.296 e. The van der Waals surface area contributed by atoms with E-state index < -0.39 is 20.9 Å². The zero-order valence-electron chi connectivity index (χ0n) is 10.4. The molecule has 1 aromatic carbocycles. The highest BCUT2D eigenvalue weighted by atomic mass is 32.2. The van der Waals surface area contributed by atoms with Gasteiger partial charge in [-0.2, -0.15) is 18.4 Å². The molecule has 0 aliphatic heterocycles. The van der Waals surface area contributed by atoms with Gasteiger partial charge in [0, 0.05) is 0 Å². The normalized spacial score (nSPS) is 11.9. The summed E-state index contributed by atoms with van der Waals surface area (Å²) in [5.74, 6) is -1.08. The van der Waals surface area contributed by atoms with Crippen molar-refractivity contribution in [3.63, 3.8) is 0 Å². The third-order valence-electron chi connectivity index (χ3n) is 2.31. The third kappa shape index (κ3) is 3.21. The summed E-state index contributed by atoms with van der Waals surface area (Å²) >= 11 is 0. The Balaban J connectivity index is 2.49. The lowest BCUT2D eigenvalue weighted by Gasteiger charge is -2.03. The lowest BCUT2D eigenvalue weighted by atomic mass is 10.3. The van der Waals surface area contributed by atoms with Crippen LogP contribution in [0.15, 0.2) is 39.4 Å². The summed E-state index contributed by atoms with van der Waals surface area (Å²) in [6.45, 7) is 0. The van der Waals surface area contributed by atoms with E-state index in [9.17, 15) is 13.5 Å². The number of anilines is 2. The van der Waals surface area contributed by atoms with Crippen LogP contribution in [-0.2, 0) is 10.1 Å². The number of rotatable bonds is 3. The number of nitrogen functional groups attached to an aromatic ring is 2. The molecule has 11 heteroatoms. The van der Waals surface area contributed by atoms with Gasteiger partial charge in [-0.3, -0.25) is 4.55 Å². The highest BCUT2D eigenvalue weighted by Gasteiger charge is 2.15. The molecule has 0 radical (unpaired) electrons. The van der Waals surface area contributed by atoms with E-state index in [2.05, 4.69) is 20.2 Å². The smallest absolute Gasteiger partial charge is 0.296 e. The first kappa shape index (κ1) is 14.6. The number of hydrogen-bond acceptors (Lipinski definition) is 9. The average Bonchev–Trinajstić information content (AvgIpc) is 2.36.